The summed E-state index contributed by atoms with van der Waals surface area (Å²) in [6.07, 6.45) is 4.09. The van der Waals surface area contributed by atoms with Gasteiger partial charge in [-0.15, -0.1) is 11.8 Å². The fourth-order valence-corrected chi connectivity index (χ4v) is 4.39. The zero-order chi connectivity index (χ0) is 15.3. The van der Waals surface area contributed by atoms with Gasteiger partial charge in [0, 0.05) is 10.9 Å². The van der Waals surface area contributed by atoms with Gasteiger partial charge in [0.15, 0.2) is 0 Å². The van der Waals surface area contributed by atoms with Crippen molar-refractivity contribution in [2.24, 2.45) is 11.7 Å². The molecular formula is C17H26N2OS. The lowest BCUT2D eigenvalue weighted by molar-refractivity contribution is -0.126. The van der Waals surface area contributed by atoms with E-state index in [1.54, 1.807) is 0 Å². The standard InChI is InChI=1S/C17H26N2OS/c1-13(2)19-17(16(18)20)11-6-7-14(17)10-12-21-15-8-4-3-5-9-15/h3-5,8-9,13-14,19H,6-7,10-12H2,1-2H3,(H2,18,20). The van der Waals surface area contributed by atoms with Crippen molar-refractivity contribution >= 4 is 17.7 Å². The van der Waals surface area contributed by atoms with E-state index in [2.05, 4.69) is 43.4 Å². The summed E-state index contributed by atoms with van der Waals surface area (Å²) in [4.78, 5) is 13.3. The molecule has 1 aromatic carbocycles. The third kappa shape index (κ3) is 4.01. The molecule has 1 aromatic rings. The highest BCUT2D eigenvalue weighted by molar-refractivity contribution is 7.99. The van der Waals surface area contributed by atoms with Crippen molar-refractivity contribution in [2.45, 2.75) is 56.0 Å². The van der Waals surface area contributed by atoms with Gasteiger partial charge >= 0.3 is 0 Å². The Labute approximate surface area is 132 Å². The molecule has 1 fully saturated rings. The van der Waals surface area contributed by atoms with Crippen molar-refractivity contribution in [1.29, 1.82) is 0 Å². The number of benzene rings is 1. The second kappa shape index (κ2) is 7.32. The zero-order valence-electron chi connectivity index (χ0n) is 13.0. The SMILES string of the molecule is CC(C)NC1(C(N)=O)CCCC1CCSc1ccccc1. The lowest BCUT2D eigenvalue weighted by Gasteiger charge is -2.35. The van der Waals surface area contributed by atoms with E-state index in [-0.39, 0.29) is 11.9 Å². The molecule has 0 aliphatic heterocycles. The van der Waals surface area contributed by atoms with Crippen LogP contribution in [0.2, 0.25) is 0 Å². The summed E-state index contributed by atoms with van der Waals surface area (Å²) in [7, 11) is 0. The Morgan fingerprint density at radius 3 is 2.76 bits per heavy atom. The Balaban J connectivity index is 1.95. The highest BCUT2D eigenvalue weighted by atomic mass is 32.2. The molecule has 1 aliphatic rings. The highest BCUT2D eigenvalue weighted by Gasteiger charge is 2.47. The smallest absolute Gasteiger partial charge is 0.238 e. The van der Waals surface area contributed by atoms with E-state index in [0.29, 0.717) is 5.92 Å². The predicted octanol–water partition coefficient (Wildman–Crippen LogP) is 3.19. The zero-order valence-corrected chi connectivity index (χ0v) is 13.8. The molecule has 1 aliphatic carbocycles. The van der Waals surface area contributed by atoms with E-state index < -0.39 is 5.54 Å². The third-order valence-electron chi connectivity index (χ3n) is 4.28. The number of thioether (sulfide) groups is 1. The molecule has 0 radical (unpaired) electrons. The molecule has 0 spiro atoms. The van der Waals surface area contributed by atoms with Gasteiger partial charge in [0.2, 0.25) is 5.91 Å². The van der Waals surface area contributed by atoms with Crippen LogP contribution in [0.3, 0.4) is 0 Å². The molecule has 2 rings (SSSR count). The van der Waals surface area contributed by atoms with Crippen molar-refractivity contribution in [3.8, 4) is 0 Å². The molecule has 0 bridgehead atoms. The summed E-state index contributed by atoms with van der Waals surface area (Å²) >= 11 is 1.86. The molecule has 2 unspecified atom stereocenters. The quantitative estimate of drug-likeness (QED) is 0.761. The molecule has 21 heavy (non-hydrogen) atoms. The first-order valence-corrected chi connectivity index (χ1v) is 8.78. The van der Waals surface area contributed by atoms with Crippen molar-refractivity contribution in [1.82, 2.24) is 5.32 Å². The van der Waals surface area contributed by atoms with Crippen molar-refractivity contribution in [3.63, 3.8) is 0 Å². The predicted molar refractivity (Wildman–Crippen MR) is 89.3 cm³/mol. The van der Waals surface area contributed by atoms with E-state index in [1.807, 2.05) is 17.8 Å². The summed E-state index contributed by atoms with van der Waals surface area (Å²) in [5.74, 6) is 1.21. The summed E-state index contributed by atoms with van der Waals surface area (Å²) in [5.41, 5.74) is 5.25. The molecule has 2 atom stereocenters. The minimum atomic E-state index is -0.495. The lowest BCUT2D eigenvalue weighted by Crippen LogP contribution is -2.60. The first-order valence-electron chi connectivity index (χ1n) is 7.80. The number of amides is 1. The van der Waals surface area contributed by atoms with Crippen LogP contribution in [0.1, 0.15) is 39.5 Å². The van der Waals surface area contributed by atoms with E-state index in [4.69, 9.17) is 5.73 Å². The van der Waals surface area contributed by atoms with Crippen LogP contribution < -0.4 is 11.1 Å². The fourth-order valence-electron chi connectivity index (χ4n) is 3.40. The number of nitrogens with one attached hydrogen (secondary N) is 1. The van der Waals surface area contributed by atoms with Crippen LogP contribution >= 0.6 is 11.8 Å². The molecule has 116 valence electrons. The molecule has 3 nitrogen and oxygen atoms in total. The summed E-state index contributed by atoms with van der Waals surface area (Å²) in [5, 5.41) is 3.47. The summed E-state index contributed by atoms with van der Waals surface area (Å²) in [6.45, 7) is 4.16. The average molecular weight is 306 g/mol. The largest absolute Gasteiger partial charge is 0.368 e. The van der Waals surface area contributed by atoms with E-state index in [1.165, 1.54) is 4.90 Å². The maximum atomic E-state index is 12.1. The molecule has 1 amide bonds. The molecule has 0 heterocycles. The van der Waals surface area contributed by atoms with Crippen molar-refractivity contribution < 1.29 is 4.79 Å². The van der Waals surface area contributed by atoms with Crippen LogP contribution in [0.25, 0.3) is 0 Å². The summed E-state index contributed by atoms with van der Waals surface area (Å²) in [6, 6.07) is 10.7. The van der Waals surface area contributed by atoms with Crippen LogP contribution in [-0.4, -0.2) is 23.2 Å². The summed E-state index contributed by atoms with van der Waals surface area (Å²) < 4.78 is 0. The number of hydrogen-bond donors (Lipinski definition) is 2. The molecule has 3 N–H and O–H groups in total. The van der Waals surface area contributed by atoms with Crippen LogP contribution in [-0.2, 0) is 4.79 Å². The van der Waals surface area contributed by atoms with Crippen LogP contribution in [0.4, 0.5) is 0 Å². The molecular weight excluding hydrogens is 280 g/mol. The Bertz CT molecular complexity index is 463. The number of primary amides is 1. The second-order valence-electron chi connectivity index (χ2n) is 6.17. The average Bonchev–Trinajstić information content (AvgIpc) is 2.83. The van der Waals surface area contributed by atoms with E-state index in [0.717, 1.165) is 31.4 Å². The highest BCUT2D eigenvalue weighted by Crippen LogP contribution is 2.39. The third-order valence-corrected chi connectivity index (χ3v) is 5.33. The van der Waals surface area contributed by atoms with Crippen LogP contribution in [0.15, 0.2) is 35.2 Å². The van der Waals surface area contributed by atoms with Crippen molar-refractivity contribution in [3.05, 3.63) is 30.3 Å². The second-order valence-corrected chi connectivity index (χ2v) is 7.34. The maximum Gasteiger partial charge on any atom is 0.238 e. The van der Waals surface area contributed by atoms with Crippen LogP contribution in [0, 0.1) is 5.92 Å². The molecule has 0 saturated heterocycles. The minimum Gasteiger partial charge on any atom is -0.368 e. The number of hydrogen-bond acceptors (Lipinski definition) is 3. The minimum absolute atomic E-state index is 0.177. The first kappa shape index (κ1) is 16.4. The number of carbonyl (C=O) groups is 1. The Morgan fingerprint density at radius 2 is 2.14 bits per heavy atom. The van der Waals surface area contributed by atoms with Gasteiger partial charge in [-0.1, -0.05) is 24.6 Å². The van der Waals surface area contributed by atoms with Gasteiger partial charge in [0.25, 0.3) is 0 Å². The Kier molecular flexibility index (Phi) is 5.71. The molecule has 0 aromatic heterocycles. The van der Waals surface area contributed by atoms with Crippen LogP contribution in [0.5, 0.6) is 0 Å². The maximum absolute atomic E-state index is 12.1. The number of carbonyl (C=O) groups excluding carboxylic acids is 1. The Hall–Kier alpha value is -1.00. The number of nitrogens with two attached hydrogens (primary N) is 1. The van der Waals surface area contributed by atoms with Gasteiger partial charge in [0.05, 0.1) is 0 Å². The fraction of sp³-hybridized carbons (Fsp3) is 0.588. The van der Waals surface area contributed by atoms with Gasteiger partial charge in [-0.05, 0) is 56.9 Å². The van der Waals surface area contributed by atoms with Gasteiger partial charge in [0.1, 0.15) is 5.54 Å². The molecule has 4 heteroatoms. The topological polar surface area (TPSA) is 55.1 Å². The normalized spacial score (nSPS) is 25.4. The van der Waals surface area contributed by atoms with E-state index in [9.17, 15) is 4.79 Å². The van der Waals surface area contributed by atoms with E-state index >= 15 is 0 Å². The first-order chi connectivity index (χ1) is 10.0. The molecule has 1 saturated carbocycles. The van der Waals surface area contributed by atoms with Gasteiger partial charge in [-0.25, -0.2) is 0 Å². The number of rotatable bonds is 7. The van der Waals surface area contributed by atoms with Gasteiger partial charge < -0.3 is 11.1 Å². The monoisotopic (exact) mass is 306 g/mol. The van der Waals surface area contributed by atoms with Crippen molar-refractivity contribution in [2.75, 3.05) is 5.75 Å². The Morgan fingerprint density at radius 1 is 1.43 bits per heavy atom. The van der Waals surface area contributed by atoms with Gasteiger partial charge in [-0.3, -0.25) is 4.79 Å². The van der Waals surface area contributed by atoms with Gasteiger partial charge in [-0.2, -0.15) is 0 Å². The lowest BCUT2D eigenvalue weighted by atomic mass is 9.83.